The van der Waals surface area contributed by atoms with Gasteiger partial charge in [-0.25, -0.2) is 0 Å². The van der Waals surface area contributed by atoms with Gasteiger partial charge in [0.05, 0.1) is 40.3 Å². The first-order valence-corrected chi connectivity index (χ1v) is 11.1. The minimum Gasteiger partial charge on any atom is -0.493 e. The average molecular weight is 426 g/mol. The molecule has 31 heavy (non-hydrogen) atoms. The molecule has 6 nitrogen and oxygen atoms in total. The Hall–Kier alpha value is -2.73. The molecule has 2 aliphatic heterocycles. The summed E-state index contributed by atoms with van der Waals surface area (Å²) in [4.78, 5) is 16.8. The SMILES string of the molecule is COc1cc(C[NH+]2CCC[C@H](C(=O)N3CCc4ccccc4C3)C2)cc(OC)c1OC. The van der Waals surface area contributed by atoms with Gasteiger partial charge in [0.2, 0.25) is 11.7 Å². The van der Waals surface area contributed by atoms with Crippen molar-refractivity contribution < 1.29 is 23.9 Å². The maximum absolute atomic E-state index is 13.3. The summed E-state index contributed by atoms with van der Waals surface area (Å²) in [5.41, 5.74) is 3.80. The number of hydrogen-bond donors (Lipinski definition) is 1. The molecule has 166 valence electrons. The Labute approximate surface area is 184 Å². The van der Waals surface area contributed by atoms with Crippen molar-refractivity contribution in [2.24, 2.45) is 5.92 Å². The van der Waals surface area contributed by atoms with E-state index in [0.29, 0.717) is 23.2 Å². The molecule has 2 heterocycles. The van der Waals surface area contributed by atoms with E-state index in [1.807, 2.05) is 12.1 Å². The molecule has 1 saturated heterocycles. The minimum atomic E-state index is 0.0936. The number of nitrogens with zero attached hydrogens (tertiary/aromatic N) is 1. The van der Waals surface area contributed by atoms with Crippen molar-refractivity contribution in [1.29, 1.82) is 0 Å². The lowest BCUT2D eigenvalue weighted by Crippen LogP contribution is -3.12. The van der Waals surface area contributed by atoms with Gasteiger partial charge in [-0.2, -0.15) is 0 Å². The average Bonchev–Trinajstić information content (AvgIpc) is 2.82. The highest BCUT2D eigenvalue weighted by atomic mass is 16.5. The first kappa shape index (κ1) is 21.5. The largest absolute Gasteiger partial charge is 0.493 e. The third-order valence-electron chi connectivity index (χ3n) is 6.59. The van der Waals surface area contributed by atoms with Crippen LogP contribution in [0.15, 0.2) is 36.4 Å². The van der Waals surface area contributed by atoms with Crippen molar-refractivity contribution in [3.05, 3.63) is 53.1 Å². The number of piperidine rings is 1. The summed E-state index contributed by atoms with van der Waals surface area (Å²) in [6.07, 6.45) is 3.01. The van der Waals surface area contributed by atoms with Gasteiger partial charge in [-0.15, -0.1) is 0 Å². The highest BCUT2D eigenvalue weighted by molar-refractivity contribution is 5.79. The van der Waals surface area contributed by atoms with Crippen LogP contribution in [-0.2, 0) is 24.3 Å². The molecular formula is C25H33N2O4+. The van der Waals surface area contributed by atoms with Crippen LogP contribution in [0.3, 0.4) is 0 Å². The lowest BCUT2D eigenvalue weighted by molar-refractivity contribution is -0.921. The maximum Gasteiger partial charge on any atom is 0.231 e. The van der Waals surface area contributed by atoms with Crippen LogP contribution in [0, 0.1) is 5.92 Å². The normalized spacial score (nSPS) is 20.7. The predicted molar refractivity (Wildman–Crippen MR) is 119 cm³/mol. The topological polar surface area (TPSA) is 52.4 Å². The third-order valence-corrected chi connectivity index (χ3v) is 6.59. The molecule has 6 heteroatoms. The second kappa shape index (κ2) is 9.60. The molecule has 1 N–H and O–H groups in total. The zero-order valence-electron chi connectivity index (χ0n) is 18.8. The molecule has 2 aromatic carbocycles. The third kappa shape index (κ3) is 4.64. The lowest BCUT2D eigenvalue weighted by Gasteiger charge is -2.35. The van der Waals surface area contributed by atoms with E-state index in [4.69, 9.17) is 14.2 Å². The first-order chi connectivity index (χ1) is 15.1. The summed E-state index contributed by atoms with van der Waals surface area (Å²) in [5.74, 6) is 2.37. The van der Waals surface area contributed by atoms with E-state index < -0.39 is 0 Å². The highest BCUT2D eigenvalue weighted by Crippen LogP contribution is 2.38. The van der Waals surface area contributed by atoms with Gasteiger partial charge in [-0.3, -0.25) is 4.79 Å². The van der Waals surface area contributed by atoms with E-state index in [-0.39, 0.29) is 5.92 Å². The zero-order chi connectivity index (χ0) is 21.8. The smallest absolute Gasteiger partial charge is 0.231 e. The molecule has 2 aliphatic rings. The molecule has 2 aromatic rings. The summed E-state index contributed by atoms with van der Waals surface area (Å²) in [5, 5.41) is 0. The Morgan fingerprint density at radius 3 is 2.45 bits per heavy atom. The van der Waals surface area contributed by atoms with Crippen molar-refractivity contribution in [2.75, 3.05) is 41.0 Å². The van der Waals surface area contributed by atoms with Crippen molar-refractivity contribution in [1.82, 2.24) is 4.90 Å². The minimum absolute atomic E-state index is 0.0936. The van der Waals surface area contributed by atoms with Gasteiger partial charge in [-0.1, -0.05) is 24.3 Å². The van der Waals surface area contributed by atoms with E-state index in [0.717, 1.165) is 57.5 Å². The van der Waals surface area contributed by atoms with Crippen LogP contribution in [0.25, 0.3) is 0 Å². The molecule has 0 radical (unpaired) electrons. The number of fused-ring (bicyclic) bond motifs is 1. The molecule has 1 unspecified atom stereocenters. The number of nitrogens with one attached hydrogen (secondary N) is 1. The van der Waals surface area contributed by atoms with E-state index >= 15 is 0 Å². The molecule has 1 fully saturated rings. The lowest BCUT2D eigenvalue weighted by atomic mass is 9.93. The van der Waals surface area contributed by atoms with E-state index in [1.165, 1.54) is 16.0 Å². The van der Waals surface area contributed by atoms with Crippen LogP contribution in [0.2, 0.25) is 0 Å². The summed E-state index contributed by atoms with van der Waals surface area (Å²) >= 11 is 0. The molecule has 0 saturated carbocycles. The van der Waals surface area contributed by atoms with Gasteiger partial charge < -0.3 is 24.0 Å². The maximum atomic E-state index is 13.3. The number of carbonyl (C=O) groups excluding carboxylic acids is 1. The van der Waals surface area contributed by atoms with Gasteiger partial charge in [-0.05, 0) is 42.5 Å². The monoisotopic (exact) mass is 425 g/mol. The molecule has 2 atom stereocenters. The fourth-order valence-corrected chi connectivity index (χ4v) is 4.99. The Kier molecular flexibility index (Phi) is 6.66. The second-order valence-corrected chi connectivity index (χ2v) is 8.53. The molecular weight excluding hydrogens is 392 g/mol. The molecule has 4 rings (SSSR count). The Morgan fingerprint density at radius 1 is 1.06 bits per heavy atom. The van der Waals surface area contributed by atoms with Crippen LogP contribution in [0.5, 0.6) is 17.2 Å². The Bertz CT molecular complexity index is 904. The van der Waals surface area contributed by atoms with Gasteiger partial charge in [0.1, 0.15) is 6.54 Å². The Morgan fingerprint density at radius 2 is 1.77 bits per heavy atom. The zero-order valence-corrected chi connectivity index (χ0v) is 18.8. The van der Waals surface area contributed by atoms with E-state index in [2.05, 4.69) is 29.2 Å². The number of hydrogen-bond acceptors (Lipinski definition) is 4. The van der Waals surface area contributed by atoms with Crippen LogP contribution in [-0.4, -0.2) is 51.8 Å². The van der Waals surface area contributed by atoms with Crippen molar-refractivity contribution in [2.45, 2.75) is 32.4 Å². The fraction of sp³-hybridized carbons (Fsp3) is 0.480. The van der Waals surface area contributed by atoms with E-state index in [1.54, 1.807) is 21.3 Å². The summed E-state index contributed by atoms with van der Waals surface area (Å²) < 4.78 is 16.4. The van der Waals surface area contributed by atoms with Gasteiger partial charge in [0.15, 0.2) is 11.5 Å². The number of likely N-dealkylation sites (tertiary alicyclic amines) is 1. The number of amides is 1. The molecule has 0 bridgehead atoms. The van der Waals surface area contributed by atoms with Crippen LogP contribution < -0.4 is 19.1 Å². The number of methoxy groups -OCH3 is 3. The van der Waals surface area contributed by atoms with E-state index in [9.17, 15) is 4.79 Å². The van der Waals surface area contributed by atoms with Crippen LogP contribution in [0.1, 0.15) is 29.5 Å². The summed E-state index contributed by atoms with van der Waals surface area (Å²) in [6, 6.07) is 12.5. The number of carbonyl (C=O) groups is 1. The molecule has 1 amide bonds. The van der Waals surface area contributed by atoms with Crippen LogP contribution in [0.4, 0.5) is 0 Å². The highest BCUT2D eigenvalue weighted by Gasteiger charge is 2.33. The predicted octanol–water partition coefficient (Wildman–Crippen LogP) is 2.09. The van der Waals surface area contributed by atoms with Crippen molar-refractivity contribution >= 4 is 5.91 Å². The Balaban J connectivity index is 1.43. The fourth-order valence-electron chi connectivity index (χ4n) is 4.99. The second-order valence-electron chi connectivity index (χ2n) is 8.53. The quantitative estimate of drug-likeness (QED) is 0.770. The molecule has 0 aromatic heterocycles. The van der Waals surface area contributed by atoms with Crippen LogP contribution >= 0.6 is 0 Å². The number of ether oxygens (including phenoxy) is 3. The van der Waals surface area contributed by atoms with Gasteiger partial charge in [0, 0.05) is 18.7 Å². The molecule has 0 spiro atoms. The summed E-state index contributed by atoms with van der Waals surface area (Å²) in [6.45, 7) is 4.35. The first-order valence-electron chi connectivity index (χ1n) is 11.1. The molecule has 0 aliphatic carbocycles. The summed E-state index contributed by atoms with van der Waals surface area (Å²) in [7, 11) is 4.89. The number of benzene rings is 2. The number of quaternary nitrogens is 1. The van der Waals surface area contributed by atoms with Gasteiger partial charge in [0.25, 0.3) is 0 Å². The van der Waals surface area contributed by atoms with Gasteiger partial charge >= 0.3 is 0 Å². The van der Waals surface area contributed by atoms with Crippen molar-refractivity contribution in [3.8, 4) is 17.2 Å². The number of rotatable bonds is 6. The standard InChI is InChI=1S/C25H32N2O4/c1-29-22-13-18(14-23(30-2)24(22)31-3)15-26-11-6-9-21(16-26)25(28)27-12-10-19-7-4-5-8-20(19)17-27/h4-5,7-8,13-14,21H,6,9-12,15-17H2,1-3H3/p+1/t21-/m0/s1. The van der Waals surface area contributed by atoms with Crippen molar-refractivity contribution in [3.63, 3.8) is 0 Å².